The van der Waals surface area contributed by atoms with E-state index in [9.17, 15) is 4.79 Å². The van der Waals surface area contributed by atoms with Crippen LogP contribution < -0.4 is 4.74 Å². The van der Waals surface area contributed by atoms with Crippen molar-refractivity contribution in [2.75, 3.05) is 18.6 Å². The van der Waals surface area contributed by atoms with Crippen LogP contribution in [-0.4, -0.2) is 24.4 Å². The van der Waals surface area contributed by atoms with Gasteiger partial charge < -0.3 is 4.74 Å². The SMILES string of the molecule is CSCC1COc2cc(C)c(Cl)cc2C1=O. The maximum atomic E-state index is 12.1. The number of benzene rings is 1. The first-order valence-electron chi connectivity index (χ1n) is 5.09. The van der Waals surface area contributed by atoms with Gasteiger partial charge in [-0.1, -0.05) is 11.6 Å². The van der Waals surface area contributed by atoms with E-state index in [-0.39, 0.29) is 11.7 Å². The molecule has 0 amide bonds. The highest BCUT2D eigenvalue weighted by molar-refractivity contribution is 7.98. The minimum Gasteiger partial charge on any atom is -0.492 e. The molecule has 0 bridgehead atoms. The van der Waals surface area contributed by atoms with E-state index in [1.165, 1.54) is 0 Å². The van der Waals surface area contributed by atoms with E-state index in [2.05, 4.69) is 0 Å². The first-order chi connectivity index (χ1) is 7.63. The quantitative estimate of drug-likeness (QED) is 0.813. The van der Waals surface area contributed by atoms with Gasteiger partial charge in [-0.2, -0.15) is 11.8 Å². The fourth-order valence-electron chi connectivity index (χ4n) is 1.78. The van der Waals surface area contributed by atoms with E-state index in [0.717, 1.165) is 11.3 Å². The zero-order valence-electron chi connectivity index (χ0n) is 9.25. The van der Waals surface area contributed by atoms with Crippen molar-refractivity contribution < 1.29 is 9.53 Å². The highest BCUT2D eigenvalue weighted by Gasteiger charge is 2.28. The molecule has 2 nitrogen and oxygen atoms in total. The zero-order valence-corrected chi connectivity index (χ0v) is 10.8. The molecule has 0 radical (unpaired) electrons. The molecule has 0 saturated carbocycles. The smallest absolute Gasteiger partial charge is 0.173 e. The normalized spacial score (nSPS) is 19.2. The molecule has 1 heterocycles. The van der Waals surface area contributed by atoms with E-state index < -0.39 is 0 Å². The van der Waals surface area contributed by atoms with Crippen molar-refractivity contribution in [2.45, 2.75) is 6.92 Å². The highest BCUT2D eigenvalue weighted by Crippen LogP contribution is 2.32. The predicted octanol–water partition coefficient (Wildman–Crippen LogP) is 3.20. The molecule has 86 valence electrons. The monoisotopic (exact) mass is 256 g/mol. The molecule has 4 heteroatoms. The second-order valence-corrected chi connectivity index (χ2v) is 5.24. The summed E-state index contributed by atoms with van der Waals surface area (Å²) in [6, 6.07) is 3.56. The van der Waals surface area contributed by atoms with Crippen LogP contribution >= 0.6 is 23.4 Å². The van der Waals surface area contributed by atoms with Crippen LogP contribution in [-0.2, 0) is 0 Å². The number of carbonyl (C=O) groups excluding carboxylic acids is 1. The first kappa shape index (κ1) is 11.8. The Balaban J connectivity index is 2.37. The van der Waals surface area contributed by atoms with E-state index in [4.69, 9.17) is 16.3 Å². The third-order valence-electron chi connectivity index (χ3n) is 2.70. The summed E-state index contributed by atoms with van der Waals surface area (Å²) in [4.78, 5) is 12.1. The van der Waals surface area contributed by atoms with Crippen molar-refractivity contribution in [2.24, 2.45) is 5.92 Å². The summed E-state index contributed by atoms with van der Waals surface area (Å²) in [5.41, 5.74) is 1.57. The molecule has 0 spiro atoms. The lowest BCUT2D eigenvalue weighted by atomic mass is 9.95. The number of thioether (sulfide) groups is 1. The highest BCUT2D eigenvalue weighted by atomic mass is 35.5. The summed E-state index contributed by atoms with van der Waals surface area (Å²) in [7, 11) is 0. The second kappa shape index (κ2) is 4.68. The molecule has 16 heavy (non-hydrogen) atoms. The number of rotatable bonds is 2. The molecule has 0 aromatic heterocycles. The summed E-state index contributed by atoms with van der Waals surface area (Å²) in [6.07, 6.45) is 1.99. The number of hydrogen-bond acceptors (Lipinski definition) is 3. The van der Waals surface area contributed by atoms with Crippen LogP contribution in [0.25, 0.3) is 0 Å². The summed E-state index contributed by atoms with van der Waals surface area (Å²) in [5.74, 6) is 1.58. The van der Waals surface area contributed by atoms with Gasteiger partial charge in [-0.3, -0.25) is 4.79 Å². The average Bonchev–Trinajstić information content (AvgIpc) is 2.26. The fourth-order valence-corrected chi connectivity index (χ4v) is 2.59. The lowest BCUT2D eigenvalue weighted by molar-refractivity contribution is 0.0853. The van der Waals surface area contributed by atoms with Crippen molar-refractivity contribution in [1.82, 2.24) is 0 Å². The number of carbonyl (C=O) groups is 1. The Hall–Kier alpha value is -0.670. The Morgan fingerprint density at radius 1 is 1.56 bits per heavy atom. The third kappa shape index (κ3) is 2.06. The maximum absolute atomic E-state index is 12.1. The zero-order chi connectivity index (χ0) is 11.7. The number of Topliss-reactive ketones (excluding diaryl/α,β-unsaturated/α-hetero) is 1. The summed E-state index contributed by atoms with van der Waals surface area (Å²) < 4.78 is 5.60. The predicted molar refractivity (Wildman–Crippen MR) is 67.9 cm³/mol. The minimum atomic E-state index is -0.0405. The molecule has 0 saturated heterocycles. The molecule has 2 rings (SSSR count). The van der Waals surface area contributed by atoms with Crippen molar-refractivity contribution in [3.63, 3.8) is 0 Å². The van der Waals surface area contributed by atoms with Gasteiger partial charge in [0.1, 0.15) is 5.75 Å². The van der Waals surface area contributed by atoms with E-state index in [0.29, 0.717) is 22.9 Å². The van der Waals surface area contributed by atoms with Gasteiger partial charge in [-0.05, 0) is 30.9 Å². The van der Waals surface area contributed by atoms with Gasteiger partial charge >= 0.3 is 0 Å². The number of ketones is 1. The third-order valence-corrected chi connectivity index (χ3v) is 3.85. The van der Waals surface area contributed by atoms with Gasteiger partial charge in [0, 0.05) is 10.8 Å². The maximum Gasteiger partial charge on any atom is 0.173 e. The molecule has 1 unspecified atom stereocenters. The van der Waals surface area contributed by atoms with Crippen molar-refractivity contribution in [1.29, 1.82) is 0 Å². The van der Waals surface area contributed by atoms with E-state index in [1.54, 1.807) is 17.8 Å². The van der Waals surface area contributed by atoms with E-state index in [1.807, 2.05) is 19.2 Å². The van der Waals surface area contributed by atoms with Gasteiger partial charge in [-0.25, -0.2) is 0 Å². The molecular weight excluding hydrogens is 244 g/mol. The van der Waals surface area contributed by atoms with Gasteiger partial charge in [-0.15, -0.1) is 0 Å². The Morgan fingerprint density at radius 2 is 2.31 bits per heavy atom. The Kier molecular flexibility index (Phi) is 3.45. The number of hydrogen-bond donors (Lipinski definition) is 0. The number of ether oxygens (including phenoxy) is 1. The summed E-state index contributed by atoms with van der Waals surface area (Å²) in [6.45, 7) is 2.39. The Morgan fingerprint density at radius 3 is 3.00 bits per heavy atom. The number of fused-ring (bicyclic) bond motifs is 1. The lowest BCUT2D eigenvalue weighted by Gasteiger charge is -2.24. The summed E-state index contributed by atoms with van der Waals surface area (Å²) >= 11 is 7.68. The van der Waals surface area contributed by atoms with Crippen LogP contribution in [0.15, 0.2) is 12.1 Å². The number of aryl methyl sites for hydroxylation is 1. The van der Waals surface area contributed by atoms with Crippen molar-refractivity contribution in [3.8, 4) is 5.75 Å². The van der Waals surface area contributed by atoms with Crippen LogP contribution in [0, 0.1) is 12.8 Å². The first-order valence-corrected chi connectivity index (χ1v) is 6.86. The standard InChI is InChI=1S/C12H13ClO2S/c1-7-3-11-9(4-10(7)13)12(14)8(5-15-11)6-16-2/h3-4,8H,5-6H2,1-2H3. The van der Waals surface area contributed by atoms with Crippen LogP contribution in [0.1, 0.15) is 15.9 Å². The molecule has 0 aliphatic carbocycles. The topological polar surface area (TPSA) is 26.3 Å². The van der Waals surface area contributed by atoms with Gasteiger partial charge in [0.25, 0.3) is 0 Å². The van der Waals surface area contributed by atoms with Crippen LogP contribution in [0.3, 0.4) is 0 Å². The van der Waals surface area contributed by atoms with Crippen LogP contribution in [0.4, 0.5) is 0 Å². The molecule has 1 aliphatic heterocycles. The van der Waals surface area contributed by atoms with Crippen LogP contribution in [0.5, 0.6) is 5.75 Å². The molecule has 1 aromatic rings. The van der Waals surface area contributed by atoms with Crippen molar-refractivity contribution in [3.05, 3.63) is 28.3 Å². The largest absolute Gasteiger partial charge is 0.492 e. The minimum absolute atomic E-state index is 0.0405. The van der Waals surface area contributed by atoms with E-state index >= 15 is 0 Å². The van der Waals surface area contributed by atoms with Crippen molar-refractivity contribution >= 4 is 29.1 Å². The Bertz CT molecular complexity index is 431. The van der Waals surface area contributed by atoms with Gasteiger partial charge in [0.2, 0.25) is 0 Å². The molecule has 1 aromatic carbocycles. The molecule has 0 fully saturated rings. The molecular formula is C12H13ClO2S. The Labute approximate surface area is 104 Å². The second-order valence-electron chi connectivity index (χ2n) is 3.93. The van der Waals surface area contributed by atoms with Gasteiger partial charge in [0.15, 0.2) is 5.78 Å². The van der Waals surface area contributed by atoms with Gasteiger partial charge in [0.05, 0.1) is 18.1 Å². The molecule has 1 atom stereocenters. The molecule has 1 aliphatic rings. The van der Waals surface area contributed by atoms with Crippen LogP contribution in [0.2, 0.25) is 5.02 Å². The molecule has 0 N–H and O–H groups in total. The summed E-state index contributed by atoms with van der Waals surface area (Å²) in [5, 5.41) is 0.625. The average molecular weight is 257 g/mol. The number of halogens is 1. The fraction of sp³-hybridized carbons (Fsp3) is 0.417. The lowest BCUT2D eigenvalue weighted by Crippen LogP contribution is -2.29.